The molecule has 7 atom stereocenters. The number of aliphatic hydroxyl groups is 1. The number of aliphatic hydroxyl groups excluding tert-OH is 1. The smallest absolute Gasteiger partial charge is 0.302 e. The van der Waals surface area contributed by atoms with Crippen molar-refractivity contribution in [2.24, 2.45) is 28.6 Å². The molecule has 29 heavy (non-hydrogen) atoms. The van der Waals surface area contributed by atoms with Crippen LogP contribution in [0.25, 0.3) is 0 Å². The van der Waals surface area contributed by atoms with Gasteiger partial charge in [0.2, 0.25) is 0 Å². The maximum atomic E-state index is 11.6. The Bertz CT molecular complexity index is 683. The number of fused-ring (bicyclic) bond motifs is 5. The first kappa shape index (κ1) is 21.6. The Balaban J connectivity index is 1.58. The second kappa shape index (κ2) is 7.49. The van der Waals surface area contributed by atoms with E-state index >= 15 is 0 Å². The molecule has 3 fully saturated rings. The molecule has 0 spiro atoms. The molecule has 0 bridgehead atoms. The van der Waals surface area contributed by atoms with E-state index in [9.17, 15) is 9.90 Å². The van der Waals surface area contributed by atoms with E-state index in [4.69, 9.17) is 9.16 Å². The van der Waals surface area contributed by atoms with Gasteiger partial charge in [-0.05, 0) is 88.8 Å². The fourth-order valence-electron chi connectivity index (χ4n) is 7.68. The van der Waals surface area contributed by atoms with Crippen molar-refractivity contribution in [2.75, 3.05) is 6.61 Å². The summed E-state index contributed by atoms with van der Waals surface area (Å²) in [5.74, 6) is 1.69. The molecule has 0 heterocycles. The minimum absolute atomic E-state index is 0.0386. The molecule has 0 aromatic carbocycles. The number of ether oxygens (including phenoxy) is 1. The molecule has 4 aliphatic rings. The average molecular weight is 421 g/mol. The summed E-state index contributed by atoms with van der Waals surface area (Å²) in [6.07, 6.45) is 11.5. The summed E-state index contributed by atoms with van der Waals surface area (Å²) < 4.78 is 12.2. The molecule has 3 saturated carbocycles. The van der Waals surface area contributed by atoms with E-state index in [1.54, 1.807) is 6.92 Å². The van der Waals surface area contributed by atoms with Gasteiger partial charge in [-0.25, -0.2) is 0 Å². The van der Waals surface area contributed by atoms with Crippen molar-refractivity contribution >= 4 is 14.3 Å². The molecule has 5 heteroatoms. The van der Waals surface area contributed by atoms with Gasteiger partial charge >= 0.3 is 5.97 Å². The molecule has 4 nitrogen and oxygen atoms in total. The Morgan fingerprint density at radius 2 is 1.90 bits per heavy atom. The van der Waals surface area contributed by atoms with Crippen molar-refractivity contribution in [3.05, 3.63) is 11.6 Å². The van der Waals surface area contributed by atoms with Crippen LogP contribution in [0, 0.1) is 28.6 Å². The second-order valence-electron chi connectivity index (χ2n) is 11.4. The molecule has 2 unspecified atom stereocenters. The second-order valence-corrected chi connectivity index (χ2v) is 15.9. The van der Waals surface area contributed by atoms with E-state index in [1.807, 2.05) is 0 Å². The summed E-state index contributed by atoms with van der Waals surface area (Å²) in [6.45, 7) is 11.0. The zero-order valence-corrected chi connectivity index (χ0v) is 20.0. The number of hydrogen-bond donors (Lipinski definition) is 1. The van der Waals surface area contributed by atoms with Gasteiger partial charge in [0.25, 0.3) is 0 Å². The molecule has 0 amide bonds. The molecule has 0 aromatic heterocycles. The first-order valence-electron chi connectivity index (χ1n) is 11.8. The Morgan fingerprint density at radius 1 is 1.14 bits per heavy atom. The SMILES string of the molecule is CC(=O)OC1CC[C@H]2[C@@H]3CCC4=CC(O[Si](C)(C)C)CC[C@]4(CO)[C@@H]3CC[C@]12C. The summed E-state index contributed by atoms with van der Waals surface area (Å²) in [4.78, 5) is 11.6. The standard InChI is InChI=1S/C24H40O4Si/c1-16(26)27-22-9-8-20-19-7-6-17-14-18(28-29(3,4)5)10-13-24(17,15-25)21(19)11-12-23(20,22)2/h14,18-22,25H,6-13,15H2,1-5H3/t18?,19-,20-,21+,22?,23-,24+/m0/s1. The van der Waals surface area contributed by atoms with Crippen LogP contribution in [0.3, 0.4) is 0 Å². The normalized spacial score (nSPS) is 44.3. The highest BCUT2D eigenvalue weighted by molar-refractivity contribution is 6.69. The van der Waals surface area contributed by atoms with Gasteiger partial charge in [-0.1, -0.05) is 18.6 Å². The average Bonchev–Trinajstić information content (AvgIpc) is 2.96. The van der Waals surface area contributed by atoms with Crippen LogP contribution in [0.4, 0.5) is 0 Å². The minimum Gasteiger partial charge on any atom is -0.462 e. The van der Waals surface area contributed by atoms with Crippen LogP contribution >= 0.6 is 0 Å². The first-order chi connectivity index (χ1) is 13.6. The van der Waals surface area contributed by atoms with Crippen molar-refractivity contribution in [1.29, 1.82) is 0 Å². The number of rotatable bonds is 4. The van der Waals surface area contributed by atoms with Crippen LogP contribution in [0.1, 0.15) is 65.2 Å². The van der Waals surface area contributed by atoms with Crippen LogP contribution in [0.5, 0.6) is 0 Å². The van der Waals surface area contributed by atoms with E-state index in [1.165, 1.54) is 12.0 Å². The summed E-state index contributed by atoms with van der Waals surface area (Å²) in [5.41, 5.74) is 1.56. The molecule has 0 radical (unpaired) electrons. The molecule has 4 aliphatic carbocycles. The summed E-state index contributed by atoms with van der Waals surface area (Å²) in [5, 5.41) is 10.7. The number of hydrogen-bond acceptors (Lipinski definition) is 4. The van der Waals surface area contributed by atoms with Gasteiger partial charge in [-0.15, -0.1) is 0 Å². The van der Waals surface area contributed by atoms with Crippen molar-refractivity contribution in [3.63, 3.8) is 0 Å². The minimum atomic E-state index is -1.57. The predicted molar refractivity (Wildman–Crippen MR) is 117 cm³/mol. The van der Waals surface area contributed by atoms with Crippen molar-refractivity contribution in [3.8, 4) is 0 Å². The van der Waals surface area contributed by atoms with Crippen molar-refractivity contribution in [1.82, 2.24) is 0 Å². The molecule has 0 saturated heterocycles. The fourth-order valence-corrected chi connectivity index (χ4v) is 8.77. The van der Waals surface area contributed by atoms with Crippen LogP contribution < -0.4 is 0 Å². The highest BCUT2D eigenvalue weighted by Crippen LogP contribution is 2.65. The van der Waals surface area contributed by atoms with Crippen molar-refractivity contribution < 1.29 is 19.1 Å². The Labute approximate surface area is 177 Å². The van der Waals surface area contributed by atoms with Gasteiger partial charge in [0, 0.05) is 17.8 Å². The van der Waals surface area contributed by atoms with E-state index in [-0.39, 0.29) is 35.6 Å². The highest BCUT2D eigenvalue weighted by atomic mass is 28.4. The van der Waals surface area contributed by atoms with Gasteiger partial charge in [0.15, 0.2) is 8.32 Å². The zero-order valence-electron chi connectivity index (χ0n) is 19.0. The van der Waals surface area contributed by atoms with Crippen LogP contribution in [0.15, 0.2) is 11.6 Å². The summed E-state index contributed by atoms with van der Waals surface area (Å²) in [6, 6.07) is 0. The van der Waals surface area contributed by atoms with Gasteiger partial charge in [0.05, 0.1) is 12.7 Å². The van der Waals surface area contributed by atoms with Gasteiger partial charge in [-0.2, -0.15) is 0 Å². The van der Waals surface area contributed by atoms with E-state index < -0.39 is 8.32 Å². The summed E-state index contributed by atoms with van der Waals surface area (Å²) in [7, 11) is -1.57. The first-order valence-corrected chi connectivity index (χ1v) is 15.2. The van der Waals surface area contributed by atoms with Crippen molar-refractivity contribution in [2.45, 2.75) is 97.1 Å². The molecule has 164 valence electrons. The molecule has 0 aliphatic heterocycles. The third-order valence-corrected chi connectivity index (χ3v) is 9.81. The quantitative estimate of drug-likeness (QED) is 0.392. The van der Waals surface area contributed by atoms with Gasteiger partial charge in [0.1, 0.15) is 6.10 Å². The predicted octanol–water partition coefficient (Wildman–Crippen LogP) is 5.07. The molecule has 1 N–H and O–H groups in total. The third kappa shape index (κ3) is 3.65. The zero-order chi connectivity index (χ0) is 21.0. The number of esters is 1. The molecule has 0 aromatic rings. The monoisotopic (exact) mass is 420 g/mol. The Morgan fingerprint density at radius 3 is 2.55 bits per heavy atom. The maximum absolute atomic E-state index is 11.6. The number of carbonyl (C=O) groups is 1. The maximum Gasteiger partial charge on any atom is 0.302 e. The van der Waals surface area contributed by atoms with E-state index in [0.29, 0.717) is 17.8 Å². The topological polar surface area (TPSA) is 55.8 Å². The largest absolute Gasteiger partial charge is 0.462 e. The summed E-state index contributed by atoms with van der Waals surface area (Å²) >= 11 is 0. The lowest BCUT2D eigenvalue weighted by molar-refractivity contribution is -0.158. The van der Waals surface area contributed by atoms with Gasteiger partial charge in [-0.3, -0.25) is 4.79 Å². The lowest BCUT2D eigenvalue weighted by atomic mass is 9.47. The molecular formula is C24H40O4Si. The van der Waals surface area contributed by atoms with Crippen LogP contribution in [0.2, 0.25) is 19.6 Å². The highest BCUT2D eigenvalue weighted by Gasteiger charge is 2.61. The Kier molecular flexibility index (Phi) is 5.57. The fraction of sp³-hybridized carbons (Fsp3) is 0.875. The lowest BCUT2D eigenvalue weighted by Gasteiger charge is -2.59. The van der Waals surface area contributed by atoms with Gasteiger partial charge < -0.3 is 14.3 Å². The lowest BCUT2D eigenvalue weighted by Crippen LogP contribution is -2.54. The van der Waals surface area contributed by atoms with Crippen LogP contribution in [-0.2, 0) is 14.0 Å². The van der Waals surface area contributed by atoms with E-state index in [0.717, 1.165) is 44.9 Å². The molecule has 4 rings (SSSR count). The molecular weight excluding hydrogens is 380 g/mol. The van der Waals surface area contributed by atoms with Crippen LogP contribution in [-0.4, -0.2) is 38.2 Å². The number of carbonyl (C=O) groups excluding carboxylic acids is 1. The third-order valence-electron chi connectivity index (χ3n) is 8.80. The Hall–Kier alpha value is -0.653. The van der Waals surface area contributed by atoms with E-state index in [2.05, 4.69) is 32.6 Å².